The molecule has 0 saturated carbocycles. The van der Waals surface area contributed by atoms with Crippen LogP contribution < -0.4 is 19.8 Å². The molecule has 1 aromatic heterocycles. The fraction of sp³-hybridized carbons (Fsp3) is 0.444. The van der Waals surface area contributed by atoms with Crippen molar-refractivity contribution in [1.29, 1.82) is 0 Å². The molecule has 2 aromatic rings. The van der Waals surface area contributed by atoms with Crippen LogP contribution in [0.25, 0.3) is 0 Å². The van der Waals surface area contributed by atoms with Gasteiger partial charge in [-0.3, -0.25) is 4.79 Å². The van der Waals surface area contributed by atoms with Gasteiger partial charge < -0.3 is 9.47 Å². The number of hydrogen-bond donors (Lipinski definition) is 1. The van der Waals surface area contributed by atoms with Crippen molar-refractivity contribution in [2.24, 2.45) is 0 Å². The Labute approximate surface area is 158 Å². The molecule has 0 radical (unpaired) electrons. The summed E-state index contributed by atoms with van der Waals surface area (Å²) in [7, 11) is -0.976. The lowest BCUT2D eigenvalue weighted by Crippen LogP contribution is -2.33. The van der Waals surface area contributed by atoms with E-state index < -0.39 is 10.0 Å². The van der Waals surface area contributed by atoms with E-state index in [2.05, 4.69) is 9.82 Å². The van der Waals surface area contributed by atoms with Crippen LogP contribution in [0.5, 0.6) is 11.5 Å². The van der Waals surface area contributed by atoms with Crippen molar-refractivity contribution >= 4 is 10.0 Å². The minimum Gasteiger partial charge on any atom is -0.497 e. The number of aromatic nitrogens is 2. The van der Waals surface area contributed by atoms with Crippen molar-refractivity contribution in [3.05, 3.63) is 45.9 Å². The number of aryl methyl sites for hydroxylation is 2. The number of benzene rings is 1. The molecule has 3 rings (SSSR count). The molecule has 1 aromatic carbocycles. The Morgan fingerprint density at radius 2 is 1.93 bits per heavy atom. The molecule has 27 heavy (non-hydrogen) atoms. The summed E-state index contributed by atoms with van der Waals surface area (Å²) in [4.78, 5) is 12.2. The largest absolute Gasteiger partial charge is 0.497 e. The maximum atomic E-state index is 12.6. The molecule has 1 heterocycles. The molecule has 0 fully saturated rings. The van der Waals surface area contributed by atoms with Gasteiger partial charge in [-0.05, 0) is 43.4 Å². The molecule has 8 nitrogen and oxygen atoms in total. The number of fused-ring (bicyclic) bond motifs is 1. The zero-order valence-corrected chi connectivity index (χ0v) is 16.2. The summed E-state index contributed by atoms with van der Waals surface area (Å²) in [6, 6.07) is 6.16. The van der Waals surface area contributed by atoms with Gasteiger partial charge in [0.2, 0.25) is 10.0 Å². The van der Waals surface area contributed by atoms with Crippen LogP contribution in [-0.2, 0) is 29.4 Å². The Kier molecular flexibility index (Phi) is 5.81. The lowest BCUT2D eigenvalue weighted by Gasteiger charge is -2.16. The zero-order valence-electron chi connectivity index (χ0n) is 15.4. The van der Waals surface area contributed by atoms with Crippen molar-refractivity contribution in [3.8, 4) is 11.5 Å². The maximum Gasteiger partial charge on any atom is 0.267 e. The molecule has 1 N–H and O–H groups in total. The van der Waals surface area contributed by atoms with Crippen molar-refractivity contribution in [1.82, 2.24) is 14.5 Å². The molecule has 146 valence electrons. The second kappa shape index (κ2) is 8.10. The summed E-state index contributed by atoms with van der Waals surface area (Å²) in [5.41, 5.74) is 1.72. The third-order valence-corrected chi connectivity index (χ3v) is 6.03. The highest BCUT2D eigenvalue weighted by Crippen LogP contribution is 2.27. The van der Waals surface area contributed by atoms with Gasteiger partial charge in [0.25, 0.3) is 5.56 Å². The highest BCUT2D eigenvalue weighted by Gasteiger charge is 2.20. The van der Waals surface area contributed by atoms with Crippen LogP contribution in [0.2, 0.25) is 0 Å². The van der Waals surface area contributed by atoms with Crippen LogP contribution in [0, 0.1) is 0 Å². The fourth-order valence-electron chi connectivity index (χ4n) is 3.12. The summed E-state index contributed by atoms with van der Waals surface area (Å²) in [6.45, 7) is 0.187. The van der Waals surface area contributed by atoms with Gasteiger partial charge in [0, 0.05) is 18.7 Å². The fourth-order valence-corrected chi connectivity index (χ4v) is 4.32. The third-order valence-electron chi connectivity index (χ3n) is 4.55. The van der Waals surface area contributed by atoms with E-state index in [4.69, 9.17) is 9.47 Å². The number of rotatable bonds is 7. The summed E-state index contributed by atoms with van der Waals surface area (Å²) in [6.07, 6.45) is 3.85. The van der Waals surface area contributed by atoms with Crippen LogP contribution in [0.3, 0.4) is 0 Å². The summed E-state index contributed by atoms with van der Waals surface area (Å²) in [5, 5.41) is 4.39. The molecular weight excluding hydrogens is 370 g/mol. The molecule has 0 aliphatic heterocycles. The summed E-state index contributed by atoms with van der Waals surface area (Å²) >= 11 is 0. The summed E-state index contributed by atoms with van der Waals surface area (Å²) in [5.74, 6) is 0.621. The van der Waals surface area contributed by atoms with Gasteiger partial charge in [0.05, 0.1) is 26.5 Å². The monoisotopic (exact) mass is 393 g/mol. The molecule has 1 aliphatic carbocycles. The lowest BCUT2D eigenvalue weighted by atomic mass is 9.97. The highest BCUT2D eigenvalue weighted by atomic mass is 32.2. The van der Waals surface area contributed by atoms with Crippen LogP contribution in [0.1, 0.15) is 24.1 Å². The van der Waals surface area contributed by atoms with Gasteiger partial charge in [-0.25, -0.2) is 17.8 Å². The number of nitrogens with one attached hydrogen (secondary N) is 1. The second-order valence-corrected chi connectivity index (χ2v) is 8.03. The van der Waals surface area contributed by atoms with Crippen molar-refractivity contribution in [3.63, 3.8) is 0 Å². The van der Waals surface area contributed by atoms with Gasteiger partial charge in [-0.15, -0.1) is 0 Å². The van der Waals surface area contributed by atoms with Crippen LogP contribution in [0.4, 0.5) is 0 Å². The molecular formula is C18H23N3O5S. The van der Waals surface area contributed by atoms with Crippen LogP contribution >= 0.6 is 0 Å². The van der Waals surface area contributed by atoms with Crippen molar-refractivity contribution < 1.29 is 17.9 Å². The van der Waals surface area contributed by atoms with Gasteiger partial charge in [-0.1, -0.05) is 0 Å². The smallest absolute Gasteiger partial charge is 0.267 e. The number of hydrogen-bond acceptors (Lipinski definition) is 6. The lowest BCUT2D eigenvalue weighted by molar-refractivity contribution is 0.392. The van der Waals surface area contributed by atoms with Crippen LogP contribution in [0.15, 0.2) is 34.0 Å². The second-order valence-electron chi connectivity index (χ2n) is 6.30. The zero-order chi connectivity index (χ0) is 19.4. The first-order valence-corrected chi connectivity index (χ1v) is 10.2. The number of sulfonamides is 1. The Bertz CT molecular complexity index is 985. The SMILES string of the molecule is COc1ccc(OC)c(S(=O)(=O)NCCn2nc3c(cc2=O)CCCC3)c1. The van der Waals surface area contributed by atoms with Crippen LogP contribution in [-0.4, -0.2) is 39.0 Å². The van der Waals surface area contributed by atoms with E-state index in [0.29, 0.717) is 5.75 Å². The van der Waals surface area contributed by atoms with E-state index in [9.17, 15) is 13.2 Å². The third kappa shape index (κ3) is 4.30. The average Bonchev–Trinajstić information content (AvgIpc) is 2.67. The highest BCUT2D eigenvalue weighted by molar-refractivity contribution is 7.89. The Morgan fingerprint density at radius 3 is 2.67 bits per heavy atom. The van der Waals surface area contributed by atoms with Crippen molar-refractivity contribution in [2.75, 3.05) is 20.8 Å². The van der Waals surface area contributed by atoms with E-state index >= 15 is 0 Å². The molecule has 0 bridgehead atoms. The molecule has 0 spiro atoms. The predicted octanol–water partition coefficient (Wildman–Crippen LogP) is 1.12. The molecule has 0 saturated heterocycles. The van der Waals surface area contributed by atoms with Gasteiger partial charge >= 0.3 is 0 Å². The first-order valence-electron chi connectivity index (χ1n) is 8.76. The topological polar surface area (TPSA) is 99.5 Å². The first kappa shape index (κ1) is 19.4. The molecule has 9 heteroatoms. The van der Waals surface area contributed by atoms with Crippen molar-refractivity contribution in [2.45, 2.75) is 37.1 Å². The number of ether oxygens (including phenoxy) is 2. The van der Waals surface area contributed by atoms with E-state index in [1.807, 2.05) is 0 Å². The Morgan fingerprint density at radius 1 is 1.15 bits per heavy atom. The minimum atomic E-state index is -3.83. The standard InChI is InChI=1S/C18H23N3O5S/c1-25-14-7-8-16(26-2)17(12-14)27(23,24)19-9-10-21-18(22)11-13-5-3-4-6-15(13)20-21/h7-8,11-12,19H,3-6,9-10H2,1-2H3. The van der Waals surface area contributed by atoms with E-state index in [1.54, 1.807) is 12.1 Å². The quantitative estimate of drug-likeness (QED) is 0.757. The minimum absolute atomic E-state index is 0.0184. The maximum absolute atomic E-state index is 12.6. The molecule has 0 amide bonds. The average molecular weight is 393 g/mol. The van der Waals surface area contributed by atoms with E-state index in [0.717, 1.165) is 36.9 Å². The van der Waals surface area contributed by atoms with Gasteiger partial charge in [-0.2, -0.15) is 5.10 Å². The summed E-state index contributed by atoms with van der Waals surface area (Å²) < 4.78 is 39.3. The first-order chi connectivity index (χ1) is 12.9. The van der Waals surface area contributed by atoms with Gasteiger partial charge in [0.15, 0.2) is 0 Å². The normalized spacial score (nSPS) is 13.9. The Hall–Kier alpha value is -2.39. The van der Waals surface area contributed by atoms with Gasteiger partial charge in [0.1, 0.15) is 16.4 Å². The Balaban J connectivity index is 1.74. The number of nitrogens with zero attached hydrogens (tertiary/aromatic N) is 2. The number of methoxy groups -OCH3 is 2. The van der Waals surface area contributed by atoms with E-state index in [1.165, 1.54) is 31.0 Å². The molecule has 0 unspecified atom stereocenters. The predicted molar refractivity (Wildman–Crippen MR) is 99.9 cm³/mol. The van der Waals surface area contributed by atoms with E-state index in [-0.39, 0.29) is 29.3 Å². The molecule has 1 aliphatic rings. The molecule has 0 atom stereocenters.